The van der Waals surface area contributed by atoms with Crippen LogP contribution in [-0.4, -0.2) is 19.4 Å². The first-order valence-electron chi connectivity index (χ1n) is 4.27. The summed E-state index contributed by atoms with van der Waals surface area (Å²) in [6.45, 7) is 1.66. The van der Waals surface area contributed by atoms with Crippen molar-refractivity contribution in [2.45, 2.75) is 13.2 Å². The summed E-state index contributed by atoms with van der Waals surface area (Å²) in [7, 11) is 1.53. The van der Waals surface area contributed by atoms with Crippen LogP contribution in [0.25, 0.3) is 0 Å². The third-order valence-electron chi connectivity index (χ3n) is 1.98. The van der Waals surface area contributed by atoms with Crippen LogP contribution >= 0.6 is 0 Å². The predicted octanol–water partition coefficient (Wildman–Crippen LogP) is 1.59. The number of para-hydroxylation sites is 1. The molecule has 0 amide bonds. The first-order valence-corrected chi connectivity index (χ1v) is 4.27. The minimum atomic E-state index is -0.564. The van der Waals surface area contributed by atoms with Gasteiger partial charge in [0, 0.05) is 6.92 Å². The normalized spacial score (nSPS) is 19.3. The second-order valence-corrected chi connectivity index (χ2v) is 2.93. The van der Waals surface area contributed by atoms with Crippen LogP contribution in [-0.2, 0) is 4.74 Å². The van der Waals surface area contributed by atoms with Crippen molar-refractivity contribution in [3.8, 4) is 11.5 Å². The third kappa shape index (κ3) is 1.28. The van der Waals surface area contributed by atoms with Gasteiger partial charge in [-0.05, 0) is 12.1 Å². The number of cyclic esters (lactones) is 1. The van der Waals surface area contributed by atoms with Gasteiger partial charge in [-0.25, -0.2) is 4.79 Å². The molecule has 14 heavy (non-hydrogen) atoms. The standard InChI is InChI=1S/C10H10O4/c1-6-13-9-7(10(11)14-6)4-3-5-8(9)12-2/h3-6H,1-2H3. The van der Waals surface area contributed by atoms with Crippen LogP contribution in [0.15, 0.2) is 18.2 Å². The summed E-state index contributed by atoms with van der Waals surface area (Å²) in [5.74, 6) is 0.627. The SMILES string of the molecule is COc1cccc2c1OC(C)OC2=O. The number of esters is 1. The summed E-state index contributed by atoms with van der Waals surface area (Å²) in [5.41, 5.74) is 0.405. The minimum Gasteiger partial charge on any atom is -0.493 e. The number of carbonyl (C=O) groups excluding carboxylic acids is 1. The molecule has 0 saturated carbocycles. The van der Waals surface area contributed by atoms with E-state index in [0.29, 0.717) is 17.1 Å². The maximum absolute atomic E-state index is 11.4. The molecule has 1 aromatic carbocycles. The second-order valence-electron chi connectivity index (χ2n) is 2.93. The van der Waals surface area contributed by atoms with Gasteiger partial charge in [-0.3, -0.25) is 0 Å². The lowest BCUT2D eigenvalue weighted by molar-refractivity contribution is -0.0500. The zero-order valence-corrected chi connectivity index (χ0v) is 7.94. The van der Waals surface area contributed by atoms with Gasteiger partial charge in [-0.1, -0.05) is 6.07 Å². The van der Waals surface area contributed by atoms with Crippen molar-refractivity contribution >= 4 is 5.97 Å². The molecule has 0 saturated heterocycles. The Bertz CT molecular complexity index is 372. The van der Waals surface area contributed by atoms with E-state index in [1.807, 2.05) is 0 Å². The minimum absolute atomic E-state index is 0.377. The van der Waals surface area contributed by atoms with E-state index in [9.17, 15) is 4.79 Å². The average Bonchev–Trinajstić information content (AvgIpc) is 2.17. The maximum atomic E-state index is 11.4. The molecule has 1 unspecified atom stereocenters. The highest BCUT2D eigenvalue weighted by molar-refractivity contribution is 5.94. The lowest BCUT2D eigenvalue weighted by Gasteiger charge is -2.23. The summed E-state index contributed by atoms with van der Waals surface area (Å²) >= 11 is 0. The molecule has 0 aromatic heterocycles. The van der Waals surface area contributed by atoms with Crippen molar-refractivity contribution in [2.24, 2.45) is 0 Å². The van der Waals surface area contributed by atoms with E-state index in [2.05, 4.69) is 0 Å². The van der Waals surface area contributed by atoms with E-state index >= 15 is 0 Å². The third-order valence-corrected chi connectivity index (χ3v) is 1.98. The Hall–Kier alpha value is -1.71. The van der Waals surface area contributed by atoms with Crippen LogP contribution < -0.4 is 9.47 Å². The molecule has 0 bridgehead atoms. The van der Waals surface area contributed by atoms with Crippen molar-refractivity contribution < 1.29 is 19.0 Å². The number of methoxy groups -OCH3 is 1. The molecule has 0 N–H and O–H groups in total. The smallest absolute Gasteiger partial charge is 0.345 e. The number of hydrogen-bond donors (Lipinski definition) is 0. The van der Waals surface area contributed by atoms with Crippen molar-refractivity contribution in [2.75, 3.05) is 7.11 Å². The molecule has 1 heterocycles. The van der Waals surface area contributed by atoms with Gasteiger partial charge >= 0.3 is 5.97 Å². The number of carbonyl (C=O) groups is 1. The summed E-state index contributed by atoms with van der Waals surface area (Å²) in [6.07, 6.45) is -0.564. The topological polar surface area (TPSA) is 44.8 Å². The zero-order valence-electron chi connectivity index (χ0n) is 7.94. The summed E-state index contributed by atoms with van der Waals surface area (Å²) in [6, 6.07) is 5.11. The summed E-state index contributed by atoms with van der Waals surface area (Å²) in [5, 5.41) is 0. The van der Waals surface area contributed by atoms with Crippen molar-refractivity contribution in [1.82, 2.24) is 0 Å². The second kappa shape index (κ2) is 3.21. The van der Waals surface area contributed by atoms with Crippen molar-refractivity contribution in [1.29, 1.82) is 0 Å². The fourth-order valence-electron chi connectivity index (χ4n) is 1.36. The molecule has 1 atom stereocenters. The number of hydrogen-bond acceptors (Lipinski definition) is 4. The summed E-state index contributed by atoms with van der Waals surface area (Å²) in [4.78, 5) is 11.4. The molecule has 0 fully saturated rings. The Morgan fingerprint density at radius 2 is 2.14 bits per heavy atom. The molecule has 2 rings (SSSR count). The van der Waals surface area contributed by atoms with Gasteiger partial charge < -0.3 is 14.2 Å². The van der Waals surface area contributed by atoms with Gasteiger partial charge in [-0.15, -0.1) is 0 Å². The highest BCUT2D eigenvalue weighted by Gasteiger charge is 2.27. The molecular weight excluding hydrogens is 184 g/mol. The average molecular weight is 194 g/mol. The molecule has 1 aliphatic rings. The van der Waals surface area contributed by atoms with Crippen molar-refractivity contribution in [3.05, 3.63) is 23.8 Å². The van der Waals surface area contributed by atoms with Crippen LogP contribution in [0, 0.1) is 0 Å². The fraction of sp³-hybridized carbons (Fsp3) is 0.300. The lowest BCUT2D eigenvalue weighted by atomic mass is 10.1. The van der Waals surface area contributed by atoms with Gasteiger partial charge in [0.05, 0.1) is 7.11 Å². The Morgan fingerprint density at radius 1 is 1.36 bits per heavy atom. The summed E-state index contributed by atoms with van der Waals surface area (Å²) < 4.78 is 15.3. The van der Waals surface area contributed by atoms with E-state index < -0.39 is 6.29 Å². The van der Waals surface area contributed by atoms with Gasteiger partial charge in [0.25, 0.3) is 0 Å². The van der Waals surface area contributed by atoms with E-state index in [1.165, 1.54) is 7.11 Å². The van der Waals surface area contributed by atoms with E-state index in [1.54, 1.807) is 25.1 Å². The highest BCUT2D eigenvalue weighted by atomic mass is 16.7. The molecule has 4 heteroatoms. The Labute approximate surface area is 81.4 Å². The maximum Gasteiger partial charge on any atom is 0.345 e. The molecule has 1 aliphatic heterocycles. The molecule has 1 aromatic rings. The molecule has 0 spiro atoms. The van der Waals surface area contributed by atoms with Crippen LogP contribution in [0.5, 0.6) is 11.5 Å². The van der Waals surface area contributed by atoms with E-state index in [0.717, 1.165) is 0 Å². The Kier molecular flexibility index (Phi) is 2.04. The zero-order chi connectivity index (χ0) is 10.1. The Morgan fingerprint density at radius 3 is 2.86 bits per heavy atom. The van der Waals surface area contributed by atoms with Gasteiger partial charge in [0.15, 0.2) is 11.5 Å². The van der Waals surface area contributed by atoms with Crippen LogP contribution in [0.4, 0.5) is 0 Å². The van der Waals surface area contributed by atoms with E-state index in [-0.39, 0.29) is 5.97 Å². The largest absolute Gasteiger partial charge is 0.493 e. The molecule has 74 valence electrons. The monoisotopic (exact) mass is 194 g/mol. The van der Waals surface area contributed by atoms with Gasteiger partial charge in [0.2, 0.25) is 6.29 Å². The number of benzene rings is 1. The van der Waals surface area contributed by atoms with Crippen LogP contribution in [0.1, 0.15) is 17.3 Å². The highest BCUT2D eigenvalue weighted by Crippen LogP contribution is 2.35. The van der Waals surface area contributed by atoms with Gasteiger partial charge in [-0.2, -0.15) is 0 Å². The molecule has 4 nitrogen and oxygen atoms in total. The Balaban J connectivity index is 2.52. The molecule has 0 radical (unpaired) electrons. The first kappa shape index (κ1) is 8.87. The van der Waals surface area contributed by atoms with E-state index in [4.69, 9.17) is 14.2 Å². The first-order chi connectivity index (χ1) is 6.72. The number of fused-ring (bicyclic) bond motifs is 1. The van der Waals surface area contributed by atoms with Gasteiger partial charge in [0.1, 0.15) is 5.56 Å². The van der Waals surface area contributed by atoms with Crippen LogP contribution in [0.2, 0.25) is 0 Å². The quantitative estimate of drug-likeness (QED) is 0.637. The molecule has 0 aliphatic carbocycles. The number of ether oxygens (including phenoxy) is 3. The molecular formula is C10H10O4. The predicted molar refractivity (Wildman–Crippen MR) is 48.5 cm³/mol. The fourth-order valence-corrected chi connectivity index (χ4v) is 1.36. The van der Waals surface area contributed by atoms with Crippen molar-refractivity contribution in [3.63, 3.8) is 0 Å². The number of rotatable bonds is 1. The lowest BCUT2D eigenvalue weighted by Crippen LogP contribution is -2.27. The van der Waals surface area contributed by atoms with Crippen LogP contribution in [0.3, 0.4) is 0 Å².